The molecule has 0 saturated heterocycles. The van der Waals surface area contributed by atoms with Crippen LogP contribution in [0, 0.1) is 0 Å². The van der Waals surface area contributed by atoms with Gasteiger partial charge < -0.3 is 4.74 Å². The number of hydrogen-bond acceptors (Lipinski definition) is 2. The van der Waals surface area contributed by atoms with Crippen molar-refractivity contribution in [3.63, 3.8) is 0 Å². The summed E-state index contributed by atoms with van der Waals surface area (Å²) in [4.78, 5) is 8.72. The van der Waals surface area contributed by atoms with Gasteiger partial charge in [0.1, 0.15) is 6.10 Å². The molecule has 3 atom stereocenters. The van der Waals surface area contributed by atoms with Crippen LogP contribution in [0.2, 0.25) is 0 Å². The molecular formula is C7H16O3P+. The summed E-state index contributed by atoms with van der Waals surface area (Å²) in [6.07, 6.45) is 0.822. The predicted molar refractivity (Wildman–Crippen MR) is 45.0 cm³/mol. The largest absolute Gasteiger partial charge is 0.511 e. The molecule has 0 spiro atoms. The molecule has 4 heteroatoms. The summed E-state index contributed by atoms with van der Waals surface area (Å²) in [5.74, 6) is 0. The molecule has 0 heterocycles. The molecule has 11 heavy (non-hydrogen) atoms. The average Bonchev–Trinajstić information content (AvgIpc) is 1.98. The Bertz CT molecular complexity index is 127. The summed E-state index contributed by atoms with van der Waals surface area (Å²) in [6.45, 7) is 6.22. The Morgan fingerprint density at radius 2 is 2.09 bits per heavy atom. The molecule has 0 aromatic carbocycles. The molecule has 0 aliphatic carbocycles. The van der Waals surface area contributed by atoms with Gasteiger partial charge in [-0.1, -0.05) is 6.92 Å². The summed E-state index contributed by atoms with van der Waals surface area (Å²) in [7, 11) is -2.09. The lowest BCUT2D eigenvalue weighted by Crippen LogP contribution is -2.20. The van der Waals surface area contributed by atoms with E-state index >= 15 is 0 Å². The molecule has 0 rings (SSSR count). The topological polar surface area (TPSA) is 46.5 Å². The zero-order valence-corrected chi connectivity index (χ0v) is 8.17. The number of ether oxygens (including phenoxy) is 1. The molecule has 0 bridgehead atoms. The van der Waals surface area contributed by atoms with Gasteiger partial charge in [-0.05, 0) is 24.8 Å². The Kier molecular flexibility index (Phi) is 5.65. The van der Waals surface area contributed by atoms with Crippen molar-refractivity contribution in [1.82, 2.24) is 0 Å². The van der Waals surface area contributed by atoms with E-state index < -0.39 is 8.03 Å². The predicted octanol–water partition coefficient (Wildman–Crippen LogP) is 1.92. The van der Waals surface area contributed by atoms with Gasteiger partial charge >= 0.3 is 8.03 Å². The van der Waals surface area contributed by atoms with E-state index in [9.17, 15) is 4.57 Å². The molecule has 0 aliphatic rings. The third-order valence-corrected chi connectivity index (χ3v) is 2.73. The molecule has 0 aromatic rings. The van der Waals surface area contributed by atoms with E-state index in [1.165, 1.54) is 0 Å². The molecule has 0 amide bonds. The Hall–Kier alpha value is 0.0200. The minimum Gasteiger partial charge on any atom is -0.374 e. The van der Waals surface area contributed by atoms with Crippen molar-refractivity contribution < 1.29 is 14.2 Å². The van der Waals surface area contributed by atoms with E-state index in [0.29, 0.717) is 6.61 Å². The summed E-state index contributed by atoms with van der Waals surface area (Å²) < 4.78 is 15.8. The smallest absolute Gasteiger partial charge is 0.374 e. The van der Waals surface area contributed by atoms with Crippen LogP contribution >= 0.6 is 8.03 Å². The lowest BCUT2D eigenvalue weighted by atomic mass is 10.3. The van der Waals surface area contributed by atoms with Crippen molar-refractivity contribution in [3.8, 4) is 0 Å². The van der Waals surface area contributed by atoms with Gasteiger partial charge in [0.25, 0.3) is 0 Å². The second-order valence-corrected chi connectivity index (χ2v) is 4.04. The van der Waals surface area contributed by atoms with Crippen molar-refractivity contribution >= 4 is 8.03 Å². The standard InChI is InChI=1S/C7H15O3P/c1-4-5-10-6(2)7(3)11(8)9/h6-7H,4-5H2,1-3H3/p+1. The summed E-state index contributed by atoms with van der Waals surface area (Å²) in [6, 6.07) is 0. The first-order valence-corrected chi connectivity index (χ1v) is 5.14. The lowest BCUT2D eigenvalue weighted by Gasteiger charge is -2.10. The molecule has 0 fully saturated rings. The lowest BCUT2D eigenvalue weighted by molar-refractivity contribution is 0.0650. The van der Waals surface area contributed by atoms with Crippen LogP contribution < -0.4 is 0 Å². The fourth-order valence-electron chi connectivity index (χ4n) is 0.623. The van der Waals surface area contributed by atoms with Crippen molar-refractivity contribution in [3.05, 3.63) is 0 Å². The van der Waals surface area contributed by atoms with Gasteiger partial charge in [-0.25, -0.2) is 0 Å². The molecule has 1 N–H and O–H groups in total. The normalized spacial score (nSPS) is 17.6. The van der Waals surface area contributed by atoms with E-state index in [1.54, 1.807) is 6.92 Å². The third-order valence-electron chi connectivity index (χ3n) is 1.61. The molecule has 0 aromatic heterocycles. The summed E-state index contributed by atoms with van der Waals surface area (Å²) in [5, 5.41) is 0. The van der Waals surface area contributed by atoms with Gasteiger partial charge in [-0.15, -0.1) is 0 Å². The first-order chi connectivity index (χ1) is 5.09. The Morgan fingerprint density at radius 3 is 2.45 bits per heavy atom. The highest BCUT2D eigenvalue weighted by Crippen LogP contribution is 2.25. The quantitative estimate of drug-likeness (QED) is 0.656. The van der Waals surface area contributed by atoms with Crippen LogP contribution in [-0.2, 0) is 9.30 Å². The van der Waals surface area contributed by atoms with Crippen LogP contribution in [0.15, 0.2) is 0 Å². The van der Waals surface area contributed by atoms with Gasteiger partial charge in [0.2, 0.25) is 5.66 Å². The van der Waals surface area contributed by atoms with E-state index in [0.717, 1.165) is 6.42 Å². The SMILES string of the molecule is CCCOC(C)C(C)[P+](=O)O. The Labute approximate surface area is 68.6 Å². The van der Waals surface area contributed by atoms with Gasteiger partial charge in [0, 0.05) is 6.61 Å². The van der Waals surface area contributed by atoms with Gasteiger partial charge in [0.15, 0.2) is 0 Å². The minimum absolute atomic E-state index is 0.122. The van der Waals surface area contributed by atoms with Gasteiger partial charge in [-0.3, -0.25) is 0 Å². The molecular weight excluding hydrogens is 163 g/mol. The van der Waals surface area contributed by atoms with Gasteiger partial charge in [0.05, 0.1) is 0 Å². The van der Waals surface area contributed by atoms with Crippen LogP contribution in [0.4, 0.5) is 0 Å². The van der Waals surface area contributed by atoms with E-state index in [2.05, 4.69) is 0 Å². The zero-order chi connectivity index (χ0) is 8.85. The second-order valence-electron chi connectivity index (χ2n) is 2.62. The Morgan fingerprint density at radius 1 is 1.55 bits per heavy atom. The van der Waals surface area contributed by atoms with E-state index in [4.69, 9.17) is 9.63 Å². The second kappa shape index (κ2) is 5.64. The Balaban J connectivity index is 3.63. The fraction of sp³-hybridized carbons (Fsp3) is 1.00. The average molecular weight is 179 g/mol. The molecule has 0 aliphatic heterocycles. The molecule has 3 unspecified atom stereocenters. The van der Waals surface area contributed by atoms with Crippen LogP contribution in [0.1, 0.15) is 27.2 Å². The van der Waals surface area contributed by atoms with Crippen LogP contribution in [0.25, 0.3) is 0 Å². The van der Waals surface area contributed by atoms with Crippen molar-refractivity contribution in [2.24, 2.45) is 0 Å². The fourth-order valence-corrected chi connectivity index (χ4v) is 1.07. The number of rotatable bonds is 5. The molecule has 3 nitrogen and oxygen atoms in total. The highest BCUT2D eigenvalue weighted by Gasteiger charge is 2.30. The van der Waals surface area contributed by atoms with Crippen molar-refractivity contribution in [2.75, 3.05) is 6.61 Å². The maximum atomic E-state index is 10.6. The maximum Gasteiger partial charge on any atom is 0.511 e. The van der Waals surface area contributed by atoms with Gasteiger partial charge in [-0.2, -0.15) is 4.89 Å². The molecule has 66 valence electrons. The van der Waals surface area contributed by atoms with Crippen LogP contribution in [0.5, 0.6) is 0 Å². The van der Waals surface area contributed by atoms with Crippen LogP contribution in [0.3, 0.4) is 0 Å². The van der Waals surface area contributed by atoms with E-state index in [1.807, 2.05) is 13.8 Å². The van der Waals surface area contributed by atoms with Crippen molar-refractivity contribution in [1.29, 1.82) is 0 Å². The monoisotopic (exact) mass is 179 g/mol. The third kappa shape index (κ3) is 4.46. The highest BCUT2D eigenvalue weighted by molar-refractivity contribution is 7.38. The van der Waals surface area contributed by atoms with E-state index in [-0.39, 0.29) is 11.8 Å². The van der Waals surface area contributed by atoms with Crippen molar-refractivity contribution in [2.45, 2.75) is 39.0 Å². The molecule has 0 radical (unpaired) electrons. The summed E-state index contributed by atoms with van der Waals surface area (Å²) >= 11 is 0. The minimum atomic E-state index is -2.09. The highest BCUT2D eigenvalue weighted by atomic mass is 31.1. The van der Waals surface area contributed by atoms with Crippen LogP contribution in [-0.4, -0.2) is 23.3 Å². The first kappa shape index (κ1) is 11.0. The number of hydrogen-bond donors (Lipinski definition) is 1. The molecule has 0 saturated carbocycles. The first-order valence-electron chi connectivity index (χ1n) is 3.86. The maximum absolute atomic E-state index is 10.6. The summed E-state index contributed by atoms with van der Waals surface area (Å²) in [5.41, 5.74) is -0.267. The zero-order valence-electron chi connectivity index (χ0n) is 7.28.